The Balaban J connectivity index is 1.69. The first-order valence-corrected chi connectivity index (χ1v) is 7.28. The van der Waals surface area contributed by atoms with E-state index in [4.69, 9.17) is 0 Å². The zero-order valence-corrected chi connectivity index (χ0v) is 12.6. The molecule has 0 amide bonds. The minimum absolute atomic E-state index is 0.416. The Morgan fingerprint density at radius 2 is 1.54 bits per heavy atom. The Labute approximate surface area is 137 Å². The van der Waals surface area contributed by atoms with Gasteiger partial charge in [-0.05, 0) is 41.5 Å². The molecule has 2 heterocycles. The molecule has 3 aromatic rings. The summed E-state index contributed by atoms with van der Waals surface area (Å²) < 4.78 is 37.6. The standard InChI is InChI=1S/C18H14F3N3/c19-18(20,21)16-3-1-13(2-4-16)10-24-17-9-15(11-23-12-17)14-5-7-22-8-6-14/h1-9,11-12,24H,10H2. The third kappa shape index (κ3) is 3.90. The molecule has 0 aliphatic rings. The molecule has 0 atom stereocenters. The van der Waals surface area contributed by atoms with Crippen molar-refractivity contribution >= 4 is 5.69 Å². The van der Waals surface area contributed by atoms with Crippen molar-refractivity contribution in [2.45, 2.75) is 12.7 Å². The van der Waals surface area contributed by atoms with Gasteiger partial charge in [0.25, 0.3) is 0 Å². The van der Waals surface area contributed by atoms with E-state index in [2.05, 4.69) is 15.3 Å². The van der Waals surface area contributed by atoms with Crippen LogP contribution in [0.1, 0.15) is 11.1 Å². The molecule has 1 aromatic carbocycles. The fraction of sp³-hybridized carbons (Fsp3) is 0.111. The van der Waals surface area contributed by atoms with Gasteiger partial charge in [-0.1, -0.05) is 12.1 Å². The van der Waals surface area contributed by atoms with Gasteiger partial charge in [0.15, 0.2) is 0 Å². The smallest absolute Gasteiger partial charge is 0.380 e. The Morgan fingerprint density at radius 1 is 0.833 bits per heavy atom. The summed E-state index contributed by atoms with van der Waals surface area (Å²) in [6.45, 7) is 0.416. The van der Waals surface area contributed by atoms with Gasteiger partial charge >= 0.3 is 6.18 Å². The highest BCUT2D eigenvalue weighted by atomic mass is 19.4. The van der Waals surface area contributed by atoms with Crippen LogP contribution in [-0.4, -0.2) is 9.97 Å². The van der Waals surface area contributed by atoms with Crippen LogP contribution in [0.4, 0.5) is 18.9 Å². The van der Waals surface area contributed by atoms with Crippen molar-refractivity contribution in [1.82, 2.24) is 9.97 Å². The van der Waals surface area contributed by atoms with Gasteiger partial charge in [0.1, 0.15) is 0 Å². The average Bonchev–Trinajstić information content (AvgIpc) is 2.61. The van der Waals surface area contributed by atoms with Crippen LogP contribution < -0.4 is 5.32 Å². The van der Waals surface area contributed by atoms with E-state index in [0.717, 1.165) is 34.5 Å². The zero-order valence-electron chi connectivity index (χ0n) is 12.6. The number of pyridine rings is 2. The number of rotatable bonds is 4. The van der Waals surface area contributed by atoms with Gasteiger partial charge in [-0.2, -0.15) is 13.2 Å². The zero-order chi connectivity index (χ0) is 17.0. The molecule has 0 aliphatic heterocycles. The number of aromatic nitrogens is 2. The molecule has 0 bridgehead atoms. The maximum Gasteiger partial charge on any atom is 0.416 e. The largest absolute Gasteiger partial charge is 0.416 e. The number of alkyl halides is 3. The van der Waals surface area contributed by atoms with E-state index < -0.39 is 11.7 Å². The molecule has 3 rings (SSSR count). The summed E-state index contributed by atoms with van der Waals surface area (Å²) in [6, 6.07) is 10.8. The minimum Gasteiger partial charge on any atom is -0.380 e. The highest BCUT2D eigenvalue weighted by Crippen LogP contribution is 2.29. The molecule has 0 aliphatic carbocycles. The topological polar surface area (TPSA) is 37.8 Å². The molecule has 6 heteroatoms. The number of halogens is 3. The molecule has 2 aromatic heterocycles. The van der Waals surface area contributed by atoms with Crippen molar-refractivity contribution in [2.24, 2.45) is 0 Å². The van der Waals surface area contributed by atoms with Crippen LogP contribution in [0, 0.1) is 0 Å². The third-order valence-electron chi connectivity index (χ3n) is 3.53. The second-order valence-electron chi connectivity index (χ2n) is 5.25. The molecule has 0 saturated heterocycles. The second-order valence-corrected chi connectivity index (χ2v) is 5.25. The summed E-state index contributed by atoms with van der Waals surface area (Å²) in [6.07, 6.45) is 2.53. The van der Waals surface area contributed by atoms with Crippen LogP contribution in [0.15, 0.2) is 67.3 Å². The van der Waals surface area contributed by atoms with Crippen molar-refractivity contribution in [2.75, 3.05) is 5.32 Å². The molecule has 0 spiro atoms. The Kier molecular flexibility index (Phi) is 4.46. The Hall–Kier alpha value is -2.89. The third-order valence-corrected chi connectivity index (χ3v) is 3.53. The predicted octanol–water partition coefficient (Wildman–Crippen LogP) is 4.77. The maximum absolute atomic E-state index is 12.5. The summed E-state index contributed by atoms with van der Waals surface area (Å²) in [4.78, 5) is 8.17. The average molecular weight is 329 g/mol. The fourth-order valence-electron chi connectivity index (χ4n) is 2.25. The van der Waals surface area contributed by atoms with E-state index in [1.165, 1.54) is 12.1 Å². The number of anilines is 1. The van der Waals surface area contributed by atoms with Gasteiger partial charge in [-0.15, -0.1) is 0 Å². The van der Waals surface area contributed by atoms with Gasteiger partial charge in [-0.3, -0.25) is 9.97 Å². The molecule has 0 radical (unpaired) electrons. The summed E-state index contributed by atoms with van der Waals surface area (Å²) in [5.41, 5.74) is 2.85. The van der Waals surface area contributed by atoms with Crippen molar-refractivity contribution in [3.8, 4) is 11.1 Å². The van der Waals surface area contributed by atoms with Crippen molar-refractivity contribution < 1.29 is 13.2 Å². The SMILES string of the molecule is FC(F)(F)c1ccc(CNc2cncc(-c3ccncc3)c2)cc1. The number of nitrogens with zero attached hydrogens (tertiary/aromatic N) is 2. The molecule has 122 valence electrons. The lowest BCUT2D eigenvalue weighted by Gasteiger charge is -2.10. The van der Waals surface area contributed by atoms with E-state index in [0.29, 0.717) is 6.54 Å². The van der Waals surface area contributed by atoms with Crippen LogP contribution in [0.5, 0.6) is 0 Å². The molecule has 1 N–H and O–H groups in total. The van der Waals surface area contributed by atoms with Gasteiger partial charge in [0.05, 0.1) is 11.3 Å². The van der Waals surface area contributed by atoms with Crippen molar-refractivity contribution in [1.29, 1.82) is 0 Å². The van der Waals surface area contributed by atoms with Crippen LogP contribution in [0.3, 0.4) is 0 Å². The molecule has 0 saturated carbocycles. The van der Waals surface area contributed by atoms with Crippen molar-refractivity contribution in [3.05, 3.63) is 78.4 Å². The van der Waals surface area contributed by atoms with Crippen LogP contribution >= 0.6 is 0 Å². The highest BCUT2D eigenvalue weighted by molar-refractivity contribution is 5.66. The lowest BCUT2D eigenvalue weighted by Crippen LogP contribution is -2.05. The highest BCUT2D eigenvalue weighted by Gasteiger charge is 2.29. The molecule has 0 fully saturated rings. The molecule has 0 unspecified atom stereocenters. The normalized spacial score (nSPS) is 11.3. The fourth-order valence-corrected chi connectivity index (χ4v) is 2.25. The van der Waals surface area contributed by atoms with Gasteiger partial charge in [0, 0.05) is 36.9 Å². The lowest BCUT2D eigenvalue weighted by molar-refractivity contribution is -0.137. The van der Waals surface area contributed by atoms with Crippen molar-refractivity contribution in [3.63, 3.8) is 0 Å². The predicted molar refractivity (Wildman–Crippen MR) is 86.2 cm³/mol. The first-order valence-electron chi connectivity index (χ1n) is 7.28. The van der Waals surface area contributed by atoms with Gasteiger partial charge < -0.3 is 5.32 Å². The molecular formula is C18H14F3N3. The van der Waals surface area contributed by atoms with E-state index >= 15 is 0 Å². The van der Waals surface area contributed by atoms with E-state index in [1.54, 1.807) is 24.8 Å². The monoisotopic (exact) mass is 329 g/mol. The minimum atomic E-state index is -4.31. The summed E-state index contributed by atoms with van der Waals surface area (Å²) in [5, 5.41) is 3.17. The lowest BCUT2D eigenvalue weighted by atomic mass is 10.1. The molecule has 3 nitrogen and oxygen atoms in total. The molecule has 24 heavy (non-hydrogen) atoms. The number of hydrogen-bond donors (Lipinski definition) is 1. The summed E-state index contributed by atoms with van der Waals surface area (Å²) in [7, 11) is 0. The first-order chi connectivity index (χ1) is 11.5. The van der Waals surface area contributed by atoms with E-state index in [9.17, 15) is 13.2 Å². The molecular weight excluding hydrogens is 315 g/mol. The van der Waals surface area contributed by atoms with Crippen LogP contribution in [-0.2, 0) is 12.7 Å². The Bertz CT molecular complexity index is 800. The summed E-state index contributed by atoms with van der Waals surface area (Å²) >= 11 is 0. The summed E-state index contributed by atoms with van der Waals surface area (Å²) in [5.74, 6) is 0. The van der Waals surface area contributed by atoms with Gasteiger partial charge in [-0.25, -0.2) is 0 Å². The first kappa shape index (κ1) is 16.0. The van der Waals surface area contributed by atoms with E-state index in [1.807, 2.05) is 18.2 Å². The number of benzene rings is 1. The van der Waals surface area contributed by atoms with Crippen LogP contribution in [0.25, 0.3) is 11.1 Å². The maximum atomic E-state index is 12.5. The Morgan fingerprint density at radius 3 is 2.21 bits per heavy atom. The number of hydrogen-bond acceptors (Lipinski definition) is 3. The second kappa shape index (κ2) is 6.70. The van der Waals surface area contributed by atoms with E-state index in [-0.39, 0.29) is 0 Å². The van der Waals surface area contributed by atoms with Crippen LogP contribution in [0.2, 0.25) is 0 Å². The van der Waals surface area contributed by atoms with Gasteiger partial charge in [0.2, 0.25) is 0 Å². The number of nitrogens with one attached hydrogen (secondary N) is 1. The quantitative estimate of drug-likeness (QED) is 0.749.